The minimum atomic E-state index is 0.0319. The molecule has 1 amide bonds. The normalized spacial score (nSPS) is 10.6. The second-order valence-corrected chi connectivity index (χ2v) is 5.94. The van der Waals surface area contributed by atoms with E-state index >= 15 is 0 Å². The number of aryl methyl sites for hydroxylation is 1. The van der Waals surface area contributed by atoms with E-state index in [0.29, 0.717) is 13.0 Å². The average Bonchev–Trinajstić information content (AvgIpc) is 2.53. The minimum absolute atomic E-state index is 0.0319. The molecule has 0 radical (unpaired) electrons. The first-order valence-electron chi connectivity index (χ1n) is 8.17. The maximum Gasteiger partial charge on any atom is 0.224 e. The van der Waals surface area contributed by atoms with Crippen molar-refractivity contribution in [1.82, 2.24) is 5.32 Å². The Morgan fingerprint density at radius 3 is 2.39 bits per heavy atom. The van der Waals surface area contributed by atoms with E-state index in [1.807, 2.05) is 50.2 Å². The largest absolute Gasteiger partial charge is 0.491 e. The van der Waals surface area contributed by atoms with Crippen LogP contribution in [0.25, 0.3) is 0 Å². The third-order valence-electron chi connectivity index (χ3n) is 3.56. The highest BCUT2D eigenvalue weighted by molar-refractivity contribution is 5.78. The number of ether oxygens (including phenoxy) is 1. The van der Waals surface area contributed by atoms with E-state index < -0.39 is 0 Å². The zero-order chi connectivity index (χ0) is 16.7. The van der Waals surface area contributed by atoms with Crippen LogP contribution in [-0.4, -0.2) is 12.0 Å². The summed E-state index contributed by atoms with van der Waals surface area (Å²) in [6.07, 6.45) is 1.57. The number of hydrogen-bond donors (Lipinski definition) is 1. The van der Waals surface area contributed by atoms with Gasteiger partial charge in [-0.15, -0.1) is 0 Å². The van der Waals surface area contributed by atoms with Gasteiger partial charge in [-0.2, -0.15) is 0 Å². The van der Waals surface area contributed by atoms with E-state index in [-0.39, 0.29) is 12.0 Å². The van der Waals surface area contributed by atoms with Crippen LogP contribution in [0, 0.1) is 0 Å². The molecule has 0 aliphatic rings. The lowest BCUT2D eigenvalue weighted by Gasteiger charge is -2.11. The van der Waals surface area contributed by atoms with Crippen molar-refractivity contribution in [3.8, 4) is 5.75 Å². The van der Waals surface area contributed by atoms with Crippen LogP contribution in [-0.2, 0) is 24.2 Å². The van der Waals surface area contributed by atoms with Crippen molar-refractivity contribution in [1.29, 1.82) is 0 Å². The summed E-state index contributed by atoms with van der Waals surface area (Å²) in [5, 5.41) is 2.96. The molecule has 0 heterocycles. The molecule has 0 aliphatic heterocycles. The standard InChI is InChI=1S/C20H25NO2/c1-4-16-8-10-17(11-9-16)13-20(22)21-14-18-6-5-7-19(12-18)23-15(2)3/h5-12,15H,4,13-14H2,1-3H3,(H,21,22). The van der Waals surface area contributed by atoms with Gasteiger partial charge in [0.05, 0.1) is 12.5 Å². The molecule has 122 valence electrons. The van der Waals surface area contributed by atoms with Gasteiger partial charge in [-0.05, 0) is 49.1 Å². The molecule has 2 rings (SSSR count). The van der Waals surface area contributed by atoms with Gasteiger partial charge in [-0.1, -0.05) is 43.3 Å². The monoisotopic (exact) mass is 311 g/mol. The maximum atomic E-state index is 12.1. The Morgan fingerprint density at radius 2 is 1.74 bits per heavy atom. The molecule has 2 aromatic carbocycles. The number of hydrogen-bond acceptors (Lipinski definition) is 2. The summed E-state index contributed by atoms with van der Waals surface area (Å²) in [6.45, 7) is 6.64. The number of nitrogens with one attached hydrogen (secondary N) is 1. The number of benzene rings is 2. The Balaban J connectivity index is 1.86. The molecule has 3 nitrogen and oxygen atoms in total. The summed E-state index contributed by atoms with van der Waals surface area (Å²) < 4.78 is 5.67. The molecule has 0 atom stereocenters. The predicted octanol–water partition coefficient (Wildman–Crippen LogP) is 3.90. The van der Waals surface area contributed by atoms with Crippen molar-refractivity contribution in [3.05, 3.63) is 65.2 Å². The third-order valence-corrected chi connectivity index (χ3v) is 3.56. The average molecular weight is 311 g/mol. The van der Waals surface area contributed by atoms with Crippen molar-refractivity contribution in [3.63, 3.8) is 0 Å². The van der Waals surface area contributed by atoms with E-state index in [1.54, 1.807) is 0 Å². The smallest absolute Gasteiger partial charge is 0.224 e. The molecule has 0 unspecified atom stereocenters. The number of rotatable bonds is 7. The van der Waals surface area contributed by atoms with E-state index in [2.05, 4.69) is 24.4 Å². The summed E-state index contributed by atoms with van der Waals surface area (Å²) in [6, 6.07) is 16.0. The van der Waals surface area contributed by atoms with Crippen LogP contribution < -0.4 is 10.1 Å². The SMILES string of the molecule is CCc1ccc(CC(=O)NCc2cccc(OC(C)C)c2)cc1. The molecular formula is C20H25NO2. The zero-order valence-electron chi connectivity index (χ0n) is 14.1. The van der Waals surface area contributed by atoms with Gasteiger partial charge < -0.3 is 10.1 Å². The van der Waals surface area contributed by atoms with Gasteiger partial charge in [-0.3, -0.25) is 4.79 Å². The van der Waals surface area contributed by atoms with Crippen LogP contribution in [0.1, 0.15) is 37.5 Å². The van der Waals surface area contributed by atoms with Crippen molar-refractivity contribution in [2.45, 2.75) is 46.3 Å². The molecule has 0 bridgehead atoms. The van der Waals surface area contributed by atoms with Gasteiger partial charge in [0.15, 0.2) is 0 Å². The Kier molecular flexibility index (Phi) is 6.21. The van der Waals surface area contributed by atoms with Gasteiger partial charge in [0.2, 0.25) is 5.91 Å². The molecule has 0 saturated carbocycles. The lowest BCUT2D eigenvalue weighted by Crippen LogP contribution is -2.24. The fourth-order valence-corrected chi connectivity index (χ4v) is 2.34. The Labute approximate surface area is 138 Å². The second-order valence-electron chi connectivity index (χ2n) is 5.94. The van der Waals surface area contributed by atoms with Crippen LogP contribution in [0.2, 0.25) is 0 Å². The van der Waals surface area contributed by atoms with Crippen LogP contribution >= 0.6 is 0 Å². The quantitative estimate of drug-likeness (QED) is 0.842. The maximum absolute atomic E-state index is 12.1. The molecule has 0 saturated heterocycles. The van der Waals surface area contributed by atoms with E-state index in [9.17, 15) is 4.79 Å². The number of amides is 1. The van der Waals surface area contributed by atoms with E-state index in [0.717, 1.165) is 23.3 Å². The topological polar surface area (TPSA) is 38.3 Å². The fraction of sp³-hybridized carbons (Fsp3) is 0.350. The molecular weight excluding hydrogens is 286 g/mol. The van der Waals surface area contributed by atoms with Crippen LogP contribution in [0.4, 0.5) is 0 Å². The first kappa shape index (κ1) is 17.1. The molecule has 0 fully saturated rings. The second kappa shape index (κ2) is 8.37. The van der Waals surface area contributed by atoms with Crippen LogP contribution in [0.15, 0.2) is 48.5 Å². The fourth-order valence-electron chi connectivity index (χ4n) is 2.34. The predicted molar refractivity (Wildman–Crippen MR) is 93.6 cm³/mol. The number of carbonyl (C=O) groups is 1. The van der Waals surface area contributed by atoms with Crippen molar-refractivity contribution in [2.75, 3.05) is 0 Å². The Bertz CT molecular complexity index is 632. The highest BCUT2D eigenvalue weighted by Crippen LogP contribution is 2.15. The molecule has 0 aliphatic carbocycles. The molecule has 0 aromatic heterocycles. The molecule has 2 aromatic rings. The highest BCUT2D eigenvalue weighted by Gasteiger charge is 2.05. The van der Waals surface area contributed by atoms with E-state index in [1.165, 1.54) is 5.56 Å². The van der Waals surface area contributed by atoms with Gasteiger partial charge in [0.1, 0.15) is 5.75 Å². The minimum Gasteiger partial charge on any atom is -0.491 e. The lowest BCUT2D eigenvalue weighted by molar-refractivity contribution is -0.120. The van der Waals surface area contributed by atoms with Gasteiger partial charge in [0, 0.05) is 6.54 Å². The highest BCUT2D eigenvalue weighted by atomic mass is 16.5. The van der Waals surface area contributed by atoms with Crippen molar-refractivity contribution >= 4 is 5.91 Å². The summed E-state index contributed by atoms with van der Waals surface area (Å²) in [4.78, 5) is 12.1. The third kappa shape index (κ3) is 5.78. The number of carbonyl (C=O) groups excluding carboxylic acids is 1. The Hall–Kier alpha value is -2.29. The summed E-state index contributed by atoms with van der Waals surface area (Å²) >= 11 is 0. The lowest BCUT2D eigenvalue weighted by atomic mass is 10.1. The van der Waals surface area contributed by atoms with E-state index in [4.69, 9.17) is 4.74 Å². The first-order chi connectivity index (χ1) is 11.1. The summed E-state index contributed by atoms with van der Waals surface area (Å²) in [7, 11) is 0. The molecule has 0 spiro atoms. The zero-order valence-corrected chi connectivity index (χ0v) is 14.1. The van der Waals surface area contributed by atoms with Gasteiger partial charge >= 0.3 is 0 Å². The summed E-state index contributed by atoms with van der Waals surface area (Å²) in [5.74, 6) is 0.867. The molecule has 23 heavy (non-hydrogen) atoms. The van der Waals surface area contributed by atoms with Crippen molar-refractivity contribution in [2.24, 2.45) is 0 Å². The molecule has 3 heteroatoms. The van der Waals surface area contributed by atoms with Gasteiger partial charge in [-0.25, -0.2) is 0 Å². The van der Waals surface area contributed by atoms with Crippen LogP contribution in [0.3, 0.4) is 0 Å². The molecule has 1 N–H and O–H groups in total. The van der Waals surface area contributed by atoms with Crippen LogP contribution in [0.5, 0.6) is 5.75 Å². The van der Waals surface area contributed by atoms with Crippen molar-refractivity contribution < 1.29 is 9.53 Å². The Morgan fingerprint density at radius 1 is 1.04 bits per heavy atom. The summed E-state index contributed by atoms with van der Waals surface area (Å²) in [5.41, 5.74) is 3.37. The first-order valence-corrected chi connectivity index (χ1v) is 8.17. The van der Waals surface area contributed by atoms with Gasteiger partial charge in [0.25, 0.3) is 0 Å².